The van der Waals surface area contributed by atoms with Crippen LogP contribution in [0.2, 0.25) is 0 Å². The molecular formula is C11H14N2O. The van der Waals surface area contributed by atoms with E-state index >= 15 is 0 Å². The van der Waals surface area contributed by atoms with Crippen LogP contribution >= 0.6 is 0 Å². The van der Waals surface area contributed by atoms with Gasteiger partial charge >= 0.3 is 0 Å². The van der Waals surface area contributed by atoms with Crippen LogP contribution in [0.1, 0.15) is 12.0 Å². The molecule has 1 aliphatic rings. The lowest BCUT2D eigenvalue weighted by Gasteiger charge is -2.24. The summed E-state index contributed by atoms with van der Waals surface area (Å²) in [6, 6.07) is 9.77. The molecular weight excluding hydrogens is 176 g/mol. The Hall–Kier alpha value is -1.35. The van der Waals surface area contributed by atoms with Crippen molar-refractivity contribution in [3.63, 3.8) is 0 Å². The molecule has 3 N–H and O–H groups in total. The van der Waals surface area contributed by atoms with Gasteiger partial charge in [-0.15, -0.1) is 0 Å². The number of rotatable bonds is 2. The molecule has 3 nitrogen and oxygen atoms in total. The molecule has 74 valence electrons. The molecule has 0 saturated carbocycles. The highest BCUT2D eigenvalue weighted by molar-refractivity contribution is 5.87. The van der Waals surface area contributed by atoms with Crippen LogP contribution < -0.4 is 11.1 Å². The summed E-state index contributed by atoms with van der Waals surface area (Å²) < 4.78 is 0. The Morgan fingerprint density at radius 3 is 2.57 bits per heavy atom. The van der Waals surface area contributed by atoms with Crippen LogP contribution in [0.4, 0.5) is 0 Å². The van der Waals surface area contributed by atoms with Crippen molar-refractivity contribution >= 4 is 5.91 Å². The van der Waals surface area contributed by atoms with Gasteiger partial charge in [-0.2, -0.15) is 0 Å². The van der Waals surface area contributed by atoms with Crippen LogP contribution in [0.25, 0.3) is 0 Å². The molecule has 0 spiro atoms. The van der Waals surface area contributed by atoms with E-state index in [0.717, 1.165) is 18.5 Å². The Balaban J connectivity index is 2.42. The maximum atomic E-state index is 11.5. The zero-order valence-corrected chi connectivity index (χ0v) is 7.99. The zero-order chi connectivity index (χ0) is 10.0. The van der Waals surface area contributed by atoms with Gasteiger partial charge in [0.25, 0.3) is 0 Å². The smallest absolute Gasteiger partial charge is 0.229 e. The quantitative estimate of drug-likeness (QED) is 0.709. The van der Waals surface area contributed by atoms with E-state index in [9.17, 15) is 4.79 Å². The van der Waals surface area contributed by atoms with Gasteiger partial charge in [0.05, 0.1) is 5.41 Å². The first-order valence-electron chi connectivity index (χ1n) is 4.82. The molecule has 1 atom stereocenters. The van der Waals surface area contributed by atoms with Crippen LogP contribution in [-0.4, -0.2) is 19.0 Å². The van der Waals surface area contributed by atoms with Crippen LogP contribution in [0.15, 0.2) is 30.3 Å². The summed E-state index contributed by atoms with van der Waals surface area (Å²) in [5.41, 5.74) is 6.03. The van der Waals surface area contributed by atoms with Gasteiger partial charge in [0.15, 0.2) is 0 Å². The van der Waals surface area contributed by atoms with E-state index in [-0.39, 0.29) is 5.91 Å². The number of carbonyl (C=O) groups is 1. The van der Waals surface area contributed by atoms with Gasteiger partial charge < -0.3 is 11.1 Å². The fourth-order valence-corrected chi connectivity index (χ4v) is 2.05. The molecule has 2 rings (SSSR count). The molecule has 1 aromatic rings. The fourth-order valence-electron chi connectivity index (χ4n) is 2.05. The molecule has 1 fully saturated rings. The average Bonchev–Trinajstić information content (AvgIpc) is 2.69. The Morgan fingerprint density at radius 1 is 1.36 bits per heavy atom. The van der Waals surface area contributed by atoms with Crippen LogP contribution in [0.3, 0.4) is 0 Å². The van der Waals surface area contributed by atoms with Gasteiger partial charge in [-0.05, 0) is 18.5 Å². The third-order valence-electron chi connectivity index (χ3n) is 2.95. The number of hydrogen-bond donors (Lipinski definition) is 2. The molecule has 0 bridgehead atoms. The van der Waals surface area contributed by atoms with Gasteiger partial charge in [0, 0.05) is 6.54 Å². The Labute approximate surface area is 83.3 Å². The highest BCUT2D eigenvalue weighted by atomic mass is 16.1. The van der Waals surface area contributed by atoms with Crippen molar-refractivity contribution in [3.8, 4) is 0 Å². The molecule has 1 saturated heterocycles. The Kier molecular flexibility index (Phi) is 2.25. The molecule has 14 heavy (non-hydrogen) atoms. The number of nitrogens with one attached hydrogen (secondary N) is 1. The zero-order valence-electron chi connectivity index (χ0n) is 7.99. The summed E-state index contributed by atoms with van der Waals surface area (Å²) in [5.74, 6) is -0.228. The molecule has 0 radical (unpaired) electrons. The van der Waals surface area contributed by atoms with Crippen molar-refractivity contribution in [2.75, 3.05) is 13.1 Å². The number of amides is 1. The number of nitrogens with two attached hydrogens (primary N) is 1. The first-order chi connectivity index (χ1) is 6.76. The summed E-state index contributed by atoms with van der Waals surface area (Å²) in [6.45, 7) is 1.52. The van der Waals surface area contributed by atoms with Crippen molar-refractivity contribution in [1.82, 2.24) is 5.32 Å². The first kappa shape index (κ1) is 9.21. The van der Waals surface area contributed by atoms with Crippen molar-refractivity contribution in [2.24, 2.45) is 5.73 Å². The number of carbonyl (C=O) groups excluding carboxylic acids is 1. The molecule has 1 heterocycles. The van der Waals surface area contributed by atoms with Crippen molar-refractivity contribution < 1.29 is 4.79 Å². The van der Waals surface area contributed by atoms with Crippen molar-refractivity contribution in [1.29, 1.82) is 0 Å². The summed E-state index contributed by atoms with van der Waals surface area (Å²) in [5, 5.41) is 3.19. The van der Waals surface area contributed by atoms with E-state index in [1.54, 1.807) is 0 Å². The summed E-state index contributed by atoms with van der Waals surface area (Å²) in [7, 11) is 0. The predicted molar refractivity (Wildman–Crippen MR) is 54.8 cm³/mol. The molecule has 1 aliphatic heterocycles. The van der Waals surface area contributed by atoms with Gasteiger partial charge in [-0.1, -0.05) is 30.3 Å². The average molecular weight is 190 g/mol. The van der Waals surface area contributed by atoms with Crippen LogP contribution in [0, 0.1) is 0 Å². The maximum Gasteiger partial charge on any atom is 0.229 e. The predicted octanol–water partition coefficient (Wildman–Crippen LogP) is 0.403. The van der Waals surface area contributed by atoms with E-state index < -0.39 is 5.41 Å². The number of primary amides is 1. The summed E-state index contributed by atoms with van der Waals surface area (Å²) in [6.07, 6.45) is 0.798. The topological polar surface area (TPSA) is 55.1 Å². The second-order valence-corrected chi connectivity index (χ2v) is 3.74. The molecule has 0 aliphatic carbocycles. The largest absolute Gasteiger partial charge is 0.369 e. The molecule has 3 heteroatoms. The van der Waals surface area contributed by atoms with E-state index in [4.69, 9.17) is 5.73 Å². The van der Waals surface area contributed by atoms with Gasteiger partial charge in [0.1, 0.15) is 0 Å². The number of hydrogen-bond acceptors (Lipinski definition) is 2. The van der Waals surface area contributed by atoms with Crippen molar-refractivity contribution in [3.05, 3.63) is 35.9 Å². The minimum absolute atomic E-state index is 0.228. The lowest BCUT2D eigenvalue weighted by atomic mass is 9.79. The lowest BCUT2D eigenvalue weighted by molar-refractivity contribution is -0.122. The van der Waals surface area contributed by atoms with Gasteiger partial charge in [-0.25, -0.2) is 0 Å². The summed E-state index contributed by atoms with van der Waals surface area (Å²) >= 11 is 0. The third-order valence-corrected chi connectivity index (χ3v) is 2.95. The van der Waals surface area contributed by atoms with Gasteiger partial charge in [-0.3, -0.25) is 4.79 Å². The van der Waals surface area contributed by atoms with Crippen LogP contribution in [-0.2, 0) is 10.2 Å². The summed E-state index contributed by atoms with van der Waals surface area (Å²) in [4.78, 5) is 11.5. The Bertz CT molecular complexity index is 328. The van der Waals surface area contributed by atoms with E-state index in [1.807, 2.05) is 30.3 Å². The highest BCUT2D eigenvalue weighted by Crippen LogP contribution is 2.29. The molecule has 0 aromatic heterocycles. The number of benzene rings is 1. The van der Waals surface area contributed by atoms with Crippen LogP contribution in [0.5, 0.6) is 0 Å². The Morgan fingerprint density at radius 2 is 2.07 bits per heavy atom. The second kappa shape index (κ2) is 3.42. The van der Waals surface area contributed by atoms with E-state index in [2.05, 4.69) is 5.32 Å². The molecule has 1 amide bonds. The van der Waals surface area contributed by atoms with E-state index in [0.29, 0.717) is 6.54 Å². The SMILES string of the molecule is NC(=O)[C@@]1(c2ccccc2)CCNC1. The molecule has 0 unspecified atom stereocenters. The second-order valence-electron chi connectivity index (χ2n) is 3.74. The third kappa shape index (κ3) is 1.30. The van der Waals surface area contributed by atoms with E-state index in [1.165, 1.54) is 0 Å². The minimum atomic E-state index is -0.485. The molecule has 1 aromatic carbocycles. The monoisotopic (exact) mass is 190 g/mol. The van der Waals surface area contributed by atoms with Crippen molar-refractivity contribution in [2.45, 2.75) is 11.8 Å². The first-order valence-corrected chi connectivity index (χ1v) is 4.82. The minimum Gasteiger partial charge on any atom is -0.369 e. The fraction of sp³-hybridized carbons (Fsp3) is 0.364. The standard InChI is InChI=1S/C11H14N2O/c12-10(14)11(6-7-13-8-11)9-4-2-1-3-5-9/h1-5,13H,6-8H2,(H2,12,14)/t11-/m0/s1. The normalized spacial score (nSPS) is 26.3. The lowest BCUT2D eigenvalue weighted by Crippen LogP contribution is -2.42. The maximum absolute atomic E-state index is 11.5. The van der Waals surface area contributed by atoms with Gasteiger partial charge in [0.2, 0.25) is 5.91 Å². The highest BCUT2D eigenvalue weighted by Gasteiger charge is 2.40.